The summed E-state index contributed by atoms with van der Waals surface area (Å²) in [5.41, 5.74) is 4.26. The van der Waals surface area contributed by atoms with Crippen LogP contribution >= 0.6 is 0 Å². The summed E-state index contributed by atoms with van der Waals surface area (Å²) in [6, 6.07) is 13.6. The van der Waals surface area contributed by atoms with Crippen LogP contribution in [0, 0.1) is 20.8 Å². The van der Waals surface area contributed by atoms with Crippen LogP contribution in [0.5, 0.6) is 5.75 Å². The summed E-state index contributed by atoms with van der Waals surface area (Å²) in [6.07, 6.45) is 4.32. The number of hydrogen-bond acceptors (Lipinski definition) is 3. The van der Waals surface area contributed by atoms with Crippen molar-refractivity contribution in [2.24, 2.45) is 0 Å². The molecule has 2 aromatic rings. The molecule has 1 aliphatic carbocycles. The molecule has 0 unspecified atom stereocenters. The number of ether oxygens (including phenoxy) is 1. The van der Waals surface area contributed by atoms with Gasteiger partial charge in [0.1, 0.15) is 11.8 Å². The molecule has 5 heteroatoms. The molecule has 0 spiro atoms. The zero-order valence-electron chi connectivity index (χ0n) is 19.1. The molecule has 0 bridgehead atoms. The summed E-state index contributed by atoms with van der Waals surface area (Å²) in [7, 11) is 0. The van der Waals surface area contributed by atoms with Gasteiger partial charge in [0.2, 0.25) is 5.91 Å². The van der Waals surface area contributed by atoms with Crippen molar-refractivity contribution in [1.82, 2.24) is 10.2 Å². The minimum atomic E-state index is -0.573. The lowest BCUT2D eigenvalue weighted by atomic mass is 10.1. The third-order valence-corrected chi connectivity index (χ3v) is 5.99. The van der Waals surface area contributed by atoms with Crippen LogP contribution in [0.3, 0.4) is 0 Å². The molecule has 1 N–H and O–H groups in total. The first-order valence-electron chi connectivity index (χ1n) is 11.2. The SMILES string of the molecule is Cc1cccc(CN(C(=O)COc2ccc(C)cc2C)[C@H](C)C(=O)NC2CCCC2)c1. The maximum absolute atomic E-state index is 13.2. The smallest absolute Gasteiger partial charge is 0.261 e. The highest BCUT2D eigenvalue weighted by molar-refractivity contribution is 5.88. The van der Waals surface area contributed by atoms with Crippen LogP contribution in [-0.4, -0.2) is 35.4 Å². The van der Waals surface area contributed by atoms with Gasteiger partial charge in [-0.15, -0.1) is 0 Å². The monoisotopic (exact) mass is 422 g/mol. The number of aryl methyl sites for hydroxylation is 3. The molecule has 31 heavy (non-hydrogen) atoms. The Balaban J connectivity index is 1.73. The third-order valence-electron chi connectivity index (χ3n) is 5.99. The number of carbonyl (C=O) groups excluding carboxylic acids is 2. The highest BCUT2D eigenvalue weighted by atomic mass is 16.5. The molecule has 1 fully saturated rings. The average molecular weight is 423 g/mol. The molecule has 0 heterocycles. The van der Waals surface area contributed by atoms with Crippen molar-refractivity contribution in [3.63, 3.8) is 0 Å². The Morgan fingerprint density at radius 1 is 1.06 bits per heavy atom. The second-order valence-corrected chi connectivity index (χ2v) is 8.73. The maximum Gasteiger partial charge on any atom is 0.261 e. The van der Waals surface area contributed by atoms with E-state index in [1.165, 1.54) is 0 Å². The van der Waals surface area contributed by atoms with Gasteiger partial charge in [0.15, 0.2) is 6.61 Å². The Labute approximate surface area is 185 Å². The van der Waals surface area contributed by atoms with Crippen LogP contribution in [-0.2, 0) is 16.1 Å². The number of benzene rings is 2. The van der Waals surface area contributed by atoms with Gasteiger partial charge in [0.05, 0.1) is 0 Å². The predicted molar refractivity (Wildman–Crippen MR) is 123 cm³/mol. The van der Waals surface area contributed by atoms with E-state index in [9.17, 15) is 9.59 Å². The summed E-state index contributed by atoms with van der Waals surface area (Å²) >= 11 is 0. The Kier molecular flexibility index (Phi) is 7.72. The maximum atomic E-state index is 13.2. The molecular formula is C26H34N2O3. The summed E-state index contributed by atoms with van der Waals surface area (Å²) < 4.78 is 5.84. The molecule has 1 saturated carbocycles. The first-order chi connectivity index (χ1) is 14.8. The van der Waals surface area contributed by atoms with Crippen molar-refractivity contribution in [3.05, 3.63) is 64.7 Å². The van der Waals surface area contributed by atoms with Gasteiger partial charge in [-0.2, -0.15) is 0 Å². The number of nitrogens with one attached hydrogen (secondary N) is 1. The normalized spacial score (nSPS) is 14.8. The van der Waals surface area contributed by atoms with Gasteiger partial charge in [0, 0.05) is 12.6 Å². The predicted octanol–water partition coefficient (Wildman–Crippen LogP) is 4.47. The lowest BCUT2D eigenvalue weighted by molar-refractivity contribution is -0.142. The van der Waals surface area contributed by atoms with Crippen LogP contribution < -0.4 is 10.1 Å². The lowest BCUT2D eigenvalue weighted by Gasteiger charge is -2.30. The summed E-state index contributed by atoms with van der Waals surface area (Å²) in [5, 5.41) is 3.13. The number of carbonyl (C=O) groups is 2. The standard InChI is InChI=1S/C26H34N2O3/c1-18-8-7-9-22(15-18)16-28(21(4)26(30)27-23-10-5-6-11-23)25(29)17-31-24-13-12-19(2)14-20(24)3/h7-9,12-15,21,23H,5-6,10-11,16-17H2,1-4H3,(H,27,30)/t21-/m1/s1. The van der Waals surface area contributed by atoms with Crippen LogP contribution in [0.2, 0.25) is 0 Å². The van der Waals surface area contributed by atoms with E-state index in [0.717, 1.165) is 47.9 Å². The van der Waals surface area contributed by atoms with E-state index in [1.807, 2.05) is 63.2 Å². The van der Waals surface area contributed by atoms with Crippen molar-refractivity contribution >= 4 is 11.8 Å². The number of nitrogens with zero attached hydrogens (tertiary/aromatic N) is 1. The number of amides is 2. The molecular weight excluding hydrogens is 388 g/mol. The van der Waals surface area contributed by atoms with E-state index >= 15 is 0 Å². The van der Waals surface area contributed by atoms with Gasteiger partial charge < -0.3 is 15.0 Å². The Bertz CT molecular complexity index is 919. The van der Waals surface area contributed by atoms with Crippen molar-refractivity contribution in [2.75, 3.05) is 6.61 Å². The molecule has 2 aromatic carbocycles. The molecule has 166 valence electrons. The quantitative estimate of drug-likeness (QED) is 0.683. The molecule has 5 nitrogen and oxygen atoms in total. The molecule has 0 aromatic heterocycles. The molecule has 0 saturated heterocycles. The molecule has 0 radical (unpaired) electrons. The van der Waals surface area contributed by atoms with Gasteiger partial charge in [-0.3, -0.25) is 9.59 Å². The number of rotatable bonds is 8. The van der Waals surface area contributed by atoms with Crippen molar-refractivity contribution in [2.45, 2.75) is 72.0 Å². The third kappa shape index (κ3) is 6.33. The second kappa shape index (κ2) is 10.5. The molecule has 2 amide bonds. The minimum Gasteiger partial charge on any atom is -0.483 e. The molecule has 0 aliphatic heterocycles. The van der Waals surface area contributed by atoms with Crippen molar-refractivity contribution in [3.8, 4) is 5.75 Å². The van der Waals surface area contributed by atoms with Gasteiger partial charge >= 0.3 is 0 Å². The zero-order chi connectivity index (χ0) is 22.4. The van der Waals surface area contributed by atoms with E-state index in [2.05, 4.69) is 5.32 Å². The molecule has 3 rings (SSSR count). The highest BCUT2D eigenvalue weighted by Crippen LogP contribution is 2.20. The average Bonchev–Trinajstić information content (AvgIpc) is 3.23. The molecule has 1 aliphatic rings. The fourth-order valence-electron chi connectivity index (χ4n) is 4.17. The minimum absolute atomic E-state index is 0.0978. The fourth-order valence-corrected chi connectivity index (χ4v) is 4.17. The summed E-state index contributed by atoms with van der Waals surface area (Å²) in [5.74, 6) is 0.396. The lowest BCUT2D eigenvalue weighted by Crippen LogP contribution is -2.50. The number of hydrogen-bond donors (Lipinski definition) is 1. The van der Waals surface area contributed by atoms with Gasteiger partial charge in [-0.05, 0) is 57.7 Å². The Hall–Kier alpha value is -2.82. The van der Waals surface area contributed by atoms with E-state index < -0.39 is 6.04 Å². The first-order valence-corrected chi connectivity index (χ1v) is 11.2. The topological polar surface area (TPSA) is 58.6 Å². The van der Waals surface area contributed by atoms with Gasteiger partial charge in [0.25, 0.3) is 5.91 Å². The first kappa shape index (κ1) is 22.9. The molecule has 1 atom stereocenters. The van der Waals surface area contributed by atoms with E-state index in [0.29, 0.717) is 12.3 Å². The summed E-state index contributed by atoms with van der Waals surface area (Å²) in [6.45, 7) is 8.09. The Morgan fingerprint density at radius 3 is 2.45 bits per heavy atom. The summed E-state index contributed by atoms with van der Waals surface area (Å²) in [4.78, 5) is 27.7. The Morgan fingerprint density at radius 2 is 1.77 bits per heavy atom. The van der Waals surface area contributed by atoms with E-state index in [-0.39, 0.29) is 24.5 Å². The van der Waals surface area contributed by atoms with Crippen LogP contribution in [0.4, 0.5) is 0 Å². The zero-order valence-corrected chi connectivity index (χ0v) is 19.1. The van der Waals surface area contributed by atoms with Crippen LogP contribution in [0.1, 0.15) is 54.9 Å². The van der Waals surface area contributed by atoms with E-state index in [1.54, 1.807) is 11.8 Å². The highest BCUT2D eigenvalue weighted by Gasteiger charge is 2.28. The van der Waals surface area contributed by atoms with Crippen LogP contribution in [0.15, 0.2) is 42.5 Å². The van der Waals surface area contributed by atoms with E-state index in [4.69, 9.17) is 4.74 Å². The van der Waals surface area contributed by atoms with Crippen LogP contribution in [0.25, 0.3) is 0 Å². The fraction of sp³-hybridized carbons (Fsp3) is 0.462. The van der Waals surface area contributed by atoms with Crippen molar-refractivity contribution in [1.29, 1.82) is 0 Å². The second-order valence-electron chi connectivity index (χ2n) is 8.73. The largest absolute Gasteiger partial charge is 0.483 e. The van der Waals surface area contributed by atoms with Gasteiger partial charge in [-0.25, -0.2) is 0 Å². The van der Waals surface area contributed by atoms with Crippen molar-refractivity contribution < 1.29 is 14.3 Å². The van der Waals surface area contributed by atoms with Gasteiger partial charge in [-0.1, -0.05) is 60.4 Å².